The number of hydrogen-bond acceptors (Lipinski definition) is 5. The van der Waals surface area contributed by atoms with E-state index in [-0.39, 0.29) is 5.16 Å². The molecule has 0 spiro atoms. The molecule has 20 heavy (non-hydrogen) atoms. The second kappa shape index (κ2) is 4.82. The highest BCUT2D eigenvalue weighted by Gasteiger charge is 2.30. The van der Waals surface area contributed by atoms with Gasteiger partial charge in [-0.25, -0.2) is 13.4 Å². The normalized spacial score (nSPS) is 12.7. The van der Waals surface area contributed by atoms with E-state index in [0.717, 1.165) is 5.69 Å². The molecule has 0 aromatic carbocycles. The lowest BCUT2D eigenvalue weighted by atomic mass is 10.1. The smallest absolute Gasteiger partial charge is 0.290 e. The fourth-order valence-electron chi connectivity index (χ4n) is 1.87. The zero-order chi connectivity index (χ0) is 15.1. The van der Waals surface area contributed by atoms with E-state index in [4.69, 9.17) is 10.7 Å². The molecule has 8 heteroatoms. The Hall–Kier alpha value is -1.47. The summed E-state index contributed by atoms with van der Waals surface area (Å²) >= 11 is 0. The number of rotatable bonds is 2. The van der Waals surface area contributed by atoms with Crippen LogP contribution in [0, 0.1) is 6.92 Å². The number of nitrogens with zero attached hydrogens (tertiary/aromatic N) is 4. The number of pyridine rings is 1. The topological polar surface area (TPSA) is 77.7 Å². The molecule has 0 aliphatic heterocycles. The van der Waals surface area contributed by atoms with Gasteiger partial charge in [0.05, 0.1) is 0 Å². The van der Waals surface area contributed by atoms with Crippen LogP contribution >= 0.6 is 10.7 Å². The van der Waals surface area contributed by atoms with Crippen LogP contribution in [-0.4, -0.2) is 28.2 Å². The van der Waals surface area contributed by atoms with E-state index in [0.29, 0.717) is 11.5 Å². The van der Waals surface area contributed by atoms with Crippen LogP contribution in [0.4, 0.5) is 0 Å². The first-order valence-electron chi connectivity index (χ1n) is 5.95. The van der Waals surface area contributed by atoms with Crippen molar-refractivity contribution in [1.82, 2.24) is 19.7 Å². The van der Waals surface area contributed by atoms with E-state index >= 15 is 0 Å². The standard InChI is InChI=1S/C12H15ClN4O2S/c1-8-6-5-7-9(14-8)10-15-16-11(20(13,18)19)17(10)12(2,3)4/h5-7H,1-4H3. The van der Waals surface area contributed by atoms with Crippen LogP contribution in [0.25, 0.3) is 11.5 Å². The Morgan fingerprint density at radius 3 is 2.35 bits per heavy atom. The van der Waals surface area contributed by atoms with Crippen LogP contribution in [0.5, 0.6) is 0 Å². The van der Waals surface area contributed by atoms with Gasteiger partial charge in [0, 0.05) is 21.9 Å². The summed E-state index contributed by atoms with van der Waals surface area (Å²) in [4.78, 5) is 4.35. The van der Waals surface area contributed by atoms with Gasteiger partial charge in [-0.05, 0) is 39.8 Å². The van der Waals surface area contributed by atoms with Gasteiger partial charge in [-0.15, -0.1) is 10.2 Å². The average Bonchev–Trinajstić information content (AvgIpc) is 2.72. The minimum Gasteiger partial charge on any atom is -0.290 e. The second-order valence-electron chi connectivity index (χ2n) is 5.41. The highest BCUT2D eigenvalue weighted by Crippen LogP contribution is 2.28. The van der Waals surface area contributed by atoms with Crippen molar-refractivity contribution in [2.45, 2.75) is 38.4 Å². The zero-order valence-corrected chi connectivity index (χ0v) is 13.2. The van der Waals surface area contributed by atoms with Crippen molar-refractivity contribution in [3.8, 4) is 11.5 Å². The molecule has 0 fully saturated rings. The highest BCUT2D eigenvalue weighted by molar-refractivity contribution is 8.13. The van der Waals surface area contributed by atoms with E-state index < -0.39 is 14.6 Å². The van der Waals surface area contributed by atoms with E-state index in [1.54, 1.807) is 6.07 Å². The molecule has 0 amide bonds. The van der Waals surface area contributed by atoms with Gasteiger partial charge < -0.3 is 0 Å². The quantitative estimate of drug-likeness (QED) is 0.795. The lowest BCUT2D eigenvalue weighted by molar-refractivity contribution is 0.367. The molecule has 0 aliphatic rings. The van der Waals surface area contributed by atoms with Gasteiger partial charge in [0.25, 0.3) is 14.2 Å². The lowest BCUT2D eigenvalue weighted by Gasteiger charge is -2.23. The molecule has 2 rings (SSSR count). The monoisotopic (exact) mass is 314 g/mol. The third kappa shape index (κ3) is 2.83. The third-order valence-electron chi connectivity index (χ3n) is 2.64. The molecule has 0 saturated heterocycles. The number of hydrogen-bond donors (Lipinski definition) is 0. The average molecular weight is 315 g/mol. The molecular weight excluding hydrogens is 300 g/mol. The summed E-state index contributed by atoms with van der Waals surface area (Å²) in [6, 6.07) is 5.43. The molecule has 0 bridgehead atoms. The SMILES string of the molecule is Cc1cccc(-c2nnc(S(=O)(=O)Cl)n2C(C)(C)C)n1. The minimum atomic E-state index is -3.98. The fourth-order valence-corrected chi connectivity index (χ4v) is 2.88. The van der Waals surface area contributed by atoms with E-state index in [1.165, 1.54) is 4.57 Å². The number of aryl methyl sites for hydroxylation is 1. The largest absolute Gasteiger partial charge is 0.296 e. The minimum absolute atomic E-state index is 0.273. The van der Waals surface area contributed by atoms with Gasteiger partial charge in [0.2, 0.25) is 0 Å². The first-order chi connectivity index (χ1) is 9.10. The number of aromatic nitrogens is 4. The van der Waals surface area contributed by atoms with Crippen molar-refractivity contribution in [2.75, 3.05) is 0 Å². The maximum atomic E-state index is 11.6. The van der Waals surface area contributed by atoms with E-state index in [1.807, 2.05) is 39.8 Å². The molecule has 0 saturated carbocycles. The molecule has 2 aromatic rings. The van der Waals surface area contributed by atoms with Crippen molar-refractivity contribution in [3.63, 3.8) is 0 Å². The summed E-state index contributed by atoms with van der Waals surface area (Å²) < 4.78 is 24.8. The van der Waals surface area contributed by atoms with Crippen LogP contribution in [-0.2, 0) is 14.6 Å². The molecule has 2 heterocycles. The Balaban J connectivity index is 2.76. The Morgan fingerprint density at radius 1 is 1.20 bits per heavy atom. The second-order valence-corrected chi connectivity index (χ2v) is 7.87. The Kier molecular flexibility index (Phi) is 3.60. The number of halogens is 1. The lowest BCUT2D eigenvalue weighted by Crippen LogP contribution is -2.26. The van der Waals surface area contributed by atoms with Crippen LogP contribution in [0.1, 0.15) is 26.5 Å². The predicted octanol–water partition coefficient (Wildman–Crippen LogP) is 2.33. The Morgan fingerprint density at radius 2 is 1.85 bits per heavy atom. The first-order valence-corrected chi connectivity index (χ1v) is 8.26. The first kappa shape index (κ1) is 14.9. The molecule has 0 N–H and O–H groups in total. The zero-order valence-electron chi connectivity index (χ0n) is 11.6. The van der Waals surface area contributed by atoms with Crippen molar-refractivity contribution < 1.29 is 8.42 Å². The van der Waals surface area contributed by atoms with E-state index in [9.17, 15) is 8.42 Å². The molecule has 0 aliphatic carbocycles. The van der Waals surface area contributed by atoms with Gasteiger partial charge in [0.1, 0.15) is 5.69 Å². The maximum absolute atomic E-state index is 11.6. The van der Waals surface area contributed by atoms with Crippen molar-refractivity contribution >= 4 is 19.7 Å². The summed E-state index contributed by atoms with van der Waals surface area (Å²) in [7, 11) is 1.45. The summed E-state index contributed by atoms with van der Waals surface area (Å²) in [6.07, 6.45) is 0. The molecule has 2 aromatic heterocycles. The molecule has 0 unspecified atom stereocenters. The van der Waals surface area contributed by atoms with Gasteiger partial charge >= 0.3 is 0 Å². The van der Waals surface area contributed by atoms with Gasteiger partial charge in [-0.3, -0.25) is 4.57 Å². The molecule has 0 atom stereocenters. The van der Waals surface area contributed by atoms with Gasteiger partial charge in [-0.2, -0.15) is 0 Å². The molecule has 0 radical (unpaired) electrons. The Bertz CT molecular complexity index is 747. The molecular formula is C12H15ClN4O2S. The molecule has 108 valence electrons. The summed E-state index contributed by atoms with van der Waals surface area (Å²) in [6.45, 7) is 7.39. The van der Waals surface area contributed by atoms with Crippen molar-refractivity contribution in [1.29, 1.82) is 0 Å². The van der Waals surface area contributed by atoms with Crippen LogP contribution in [0.3, 0.4) is 0 Å². The Labute approximate surface area is 122 Å². The summed E-state index contributed by atoms with van der Waals surface area (Å²) in [5.41, 5.74) is 0.807. The highest BCUT2D eigenvalue weighted by atomic mass is 35.7. The van der Waals surface area contributed by atoms with Gasteiger partial charge in [-0.1, -0.05) is 6.07 Å². The van der Waals surface area contributed by atoms with E-state index in [2.05, 4.69) is 15.2 Å². The predicted molar refractivity (Wildman–Crippen MR) is 76.0 cm³/mol. The third-order valence-corrected chi connectivity index (χ3v) is 3.75. The van der Waals surface area contributed by atoms with Crippen LogP contribution in [0.2, 0.25) is 0 Å². The van der Waals surface area contributed by atoms with Crippen LogP contribution in [0.15, 0.2) is 23.4 Å². The summed E-state index contributed by atoms with van der Waals surface area (Å²) in [5, 5.41) is 7.39. The van der Waals surface area contributed by atoms with Crippen molar-refractivity contribution in [3.05, 3.63) is 23.9 Å². The fraction of sp³-hybridized carbons (Fsp3) is 0.417. The maximum Gasteiger partial charge on any atom is 0.296 e. The molecule has 6 nitrogen and oxygen atoms in total. The van der Waals surface area contributed by atoms with Crippen LogP contribution < -0.4 is 0 Å². The van der Waals surface area contributed by atoms with Gasteiger partial charge in [0.15, 0.2) is 5.82 Å². The summed E-state index contributed by atoms with van der Waals surface area (Å²) in [5.74, 6) is 0.375. The van der Waals surface area contributed by atoms with Crippen molar-refractivity contribution in [2.24, 2.45) is 0 Å².